The van der Waals surface area contributed by atoms with Crippen LogP contribution in [-0.2, 0) is 19.4 Å². The fraction of sp³-hybridized carbons (Fsp3) is 0.333. The molecular weight excluding hydrogens is 324 g/mol. The number of hydrogen-bond acceptors (Lipinski definition) is 2. The van der Waals surface area contributed by atoms with Gasteiger partial charge in [0.15, 0.2) is 0 Å². The zero-order chi connectivity index (χ0) is 18.4. The molecule has 0 atom stereocenters. The molecule has 0 radical (unpaired) electrons. The molecule has 0 spiro atoms. The van der Waals surface area contributed by atoms with Gasteiger partial charge < -0.3 is 15.2 Å². The summed E-state index contributed by atoms with van der Waals surface area (Å²) in [6.07, 6.45) is 2.70. The van der Waals surface area contributed by atoms with Crippen LogP contribution in [0.4, 0.5) is 4.79 Å². The first-order valence-electron chi connectivity index (χ1n) is 9.16. The van der Waals surface area contributed by atoms with Gasteiger partial charge in [0, 0.05) is 26.6 Å². The number of carbonyl (C=O) groups excluding carboxylic acids is 1. The van der Waals surface area contributed by atoms with Crippen LogP contribution in [0, 0.1) is 0 Å². The van der Waals surface area contributed by atoms with Crippen molar-refractivity contribution in [1.29, 1.82) is 0 Å². The summed E-state index contributed by atoms with van der Waals surface area (Å²) in [5.41, 5.74) is 4.49. The highest BCUT2D eigenvalue weighted by Crippen LogP contribution is 2.11. The first-order chi connectivity index (χ1) is 12.7. The summed E-state index contributed by atoms with van der Waals surface area (Å²) in [7, 11) is 1.82. The minimum absolute atomic E-state index is 0.0471. The molecule has 0 saturated carbocycles. The van der Waals surface area contributed by atoms with Crippen LogP contribution in [-0.4, -0.2) is 34.5 Å². The zero-order valence-electron chi connectivity index (χ0n) is 15.5. The van der Waals surface area contributed by atoms with Gasteiger partial charge in [0.1, 0.15) is 5.82 Å². The number of urea groups is 1. The maximum atomic E-state index is 12.2. The molecule has 1 heterocycles. The second-order valence-corrected chi connectivity index (χ2v) is 6.56. The number of imidazole rings is 1. The molecule has 0 unspecified atom stereocenters. The largest absolute Gasteiger partial charge is 0.342 e. The lowest BCUT2D eigenvalue weighted by atomic mass is 10.1. The van der Waals surface area contributed by atoms with Gasteiger partial charge in [-0.25, -0.2) is 9.78 Å². The number of H-pyrrole nitrogens is 1. The molecule has 2 amide bonds. The summed E-state index contributed by atoms with van der Waals surface area (Å²) in [6.45, 7) is 3.38. The summed E-state index contributed by atoms with van der Waals surface area (Å²) >= 11 is 0. The normalized spacial score (nSPS) is 10.8. The van der Waals surface area contributed by atoms with Crippen molar-refractivity contribution in [3.8, 4) is 0 Å². The number of fused-ring (bicyclic) bond motifs is 1. The number of aromatic nitrogens is 2. The lowest BCUT2D eigenvalue weighted by Gasteiger charge is -2.18. The van der Waals surface area contributed by atoms with E-state index in [4.69, 9.17) is 0 Å². The van der Waals surface area contributed by atoms with E-state index >= 15 is 0 Å². The molecule has 2 N–H and O–H groups in total. The Morgan fingerprint density at radius 2 is 1.85 bits per heavy atom. The van der Waals surface area contributed by atoms with E-state index in [0.29, 0.717) is 13.1 Å². The highest BCUT2D eigenvalue weighted by Gasteiger charge is 2.09. The molecule has 1 aromatic heterocycles. The van der Waals surface area contributed by atoms with Crippen molar-refractivity contribution in [2.24, 2.45) is 0 Å². The molecule has 5 heteroatoms. The molecule has 3 rings (SSSR count). The number of hydrogen-bond donors (Lipinski definition) is 2. The molecule has 26 heavy (non-hydrogen) atoms. The average Bonchev–Trinajstić information content (AvgIpc) is 3.08. The Hall–Kier alpha value is -2.82. The van der Waals surface area contributed by atoms with E-state index < -0.39 is 0 Å². The fourth-order valence-electron chi connectivity index (χ4n) is 2.94. The standard InChI is InChI=1S/C21H26N4O/c1-3-16-10-12-17(13-11-16)15-25(2)21(26)22-14-6-9-20-23-18-7-4-5-8-19(18)24-20/h4-5,7-8,10-13H,3,6,9,14-15H2,1-2H3,(H,22,26)(H,23,24). The third-order valence-electron chi connectivity index (χ3n) is 4.50. The Bertz CT molecular complexity index is 821. The second-order valence-electron chi connectivity index (χ2n) is 6.56. The van der Waals surface area contributed by atoms with E-state index in [0.717, 1.165) is 41.7 Å². The number of aryl methyl sites for hydroxylation is 2. The fourth-order valence-corrected chi connectivity index (χ4v) is 2.94. The Morgan fingerprint density at radius 3 is 2.58 bits per heavy atom. The third-order valence-corrected chi connectivity index (χ3v) is 4.50. The number of para-hydroxylation sites is 2. The number of rotatable bonds is 7. The molecule has 2 aromatic carbocycles. The lowest BCUT2D eigenvalue weighted by molar-refractivity contribution is 0.207. The quantitative estimate of drug-likeness (QED) is 0.635. The minimum Gasteiger partial charge on any atom is -0.342 e. The average molecular weight is 350 g/mol. The molecule has 0 saturated heterocycles. The number of amides is 2. The van der Waals surface area contributed by atoms with E-state index in [1.165, 1.54) is 5.56 Å². The second kappa shape index (κ2) is 8.52. The predicted molar refractivity (Wildman–Crippen MR) is 105 cm³/mol. The van der Waals surface area contributed by atoms with Gasteiger partial charge in [0.2, 0.25) is 0 Å². The Labute approximate surface area is 154 Å². The Balaban J connectivity index is 1.41. The van der Waals surface area contributed by atoms with E-state index in [2.05, 4.69) is 46.5 Å². The number of carbonyl (C=O) groups is 1. The summed E-state index contributed by atoms with van der Waals surface area (Å²) in [5.74, 6) is 0.963. The van der Waals surface area contributed by atoms with Crippen LogP contribution in [0.3, 0.4) is 0 Å². The van der Waals surface area contributed by atoms with Crippen LogP contribution in [0.25, 0.3) is 11.0 Å². The smallest absolute Gasteiger partial charge is 0.317 e. The van der Waals surface area contributed by atoms with Crippen molar-refractivity contribution in [1.82, 2.24) is 20.2 Å². The number of benzene rings is 2. The van der Waals surface area contributed by atoms with Gasteiger partial charge in [-0.2, -0.15) is 0 Å². The van der Waals surface area contributed by atoms with E-state index in [1.807, 2.05) is 31.3 Å². The van der Waals surface area contributed by atoms with Crippen LogP contribution in [0.2, 0.25) is 0 Å². The van der Waals surface area contributed by atoms with Crippen molar-refractivity contribution < 1.29 is 4.79 Å². The monoisotopic (exact) mass is 350 g/mol. The molecule has 3 aromatic rings. The molecular formula is C21H26N4O. The maximum Gasteiger partial charge on any atom is 0.317 e. The van der Waals surface area contributed by atoms with Crippen LogP contribution in [0.5, 0.6) is 0 Å². The van der Waals surface area contributed by atoms with Gasteiger partial charge in [0.05, 0.1) is 11.0 Å². The number of nitrogens with one attached hydrogen (secondary N) is 2. The topological polar surface area (TPSA) is 61.0 Å². The molecule has 0 aliphatic heterocycles. The molecule has 0 aliphatic rings. The third kappa shape index (κ3) is 4.63. The van der Waals surface area contributed by atoms with Gasteiger partial charge >= 0.3 is 6.03 Å². The van der Waals surface area contributed by atoms with Gasteiger partial charge in [0.25, 0.3) is 0 Å². The number of aromatic amines is 1. The number of nitrogens with zero attached hydrogens (tertiary/aromatic N) is 2. The maximum absolute atomic E-state index is 12.2. The van der Waals surface area contributed by atoms with E-state index in [-0.39, 0.29) is 6.03 Å². The van der Waals surface area contributed by atoms with Gasteiger partial charge in [-0.15, -0.1) is 0 Å². The van der Waals surface area contributed by atoms with Gasteiger partial charge in [-0.1, -0.05) is 43.3 Å². The van der Waals surface area contributed by atoms with Crippen LogP contribution in [0.15, 0.2) is 48.5 Å². The summed E-state index contributed by atoms with van der Waals surface area (Å²) < 4.78 is 0. The van der Waals surface area contributed by atoms with Crippen molar-refractivity contribution in [3.05, 3.63) is 65.5 Å². The van der Waals surface area contributed by atoms with Gasteiger partial charge in [-0.3, -0.25) is 0 Å². The summed E-state index contributed by atoms with van der Waals surface area (Å²) in [6, 6.07) is 16.4. The van der Waals surface area contributed by atoms with Crippen LogP contribution >= 0.6 is 0 Å². The van der Waals surface area contributed by atoms with Crippen molar-refractivity contribution >= 4 is 17.1 Å². The lowest BCUT2D eigenvalue weighted by Crippen LogP contribution is -2.37. The van der Waals surface area contributed by atoms with E-state index in [9.17, 15) is 4.79 Å². The highest BCUT2D eigenvalue weighted by molar-refractivity contribution is 5.75. The van der Waals surface area contributed by atoms with Crippen molar-refractivity contribution in [2.75, 3.05) is 13.6 Å². The molecule has 0 fully saturated rings. The summed E-state index contributed by atoms with van der Waals surface area (Å²) in [4.78, 5) is 21.8. The predicted octanol–water partition coefficient (Wildman–Crippen LogP) is 3.90. The Morgan fingerprint density at radius 1 is 1.12 bits per heavy atom. The zero-order valence-corrected chi connectivity index (χ0v) is 15.5. The molecule has 0 aliphatic carbocycles. The highest BCUT2D eigenvalue weighted by atomic mass is 16.2. The van der Waals surface area contributed by atoms with Crippen LogP contribution in [0.1, 0.15) is 30.3 Å². The molecule has 5 nitrogen and oxygen atoms in total. The first kappa shape index (κ1) is 18.0. The first-order valence-corrected chi connectivity index (χ1v) is 9.16. The molecule has 0 bridgehead atoms. The Kier molecular flexibility index (Phi) is 5.89. The molecule has 136 valence electrons. The SMILES string of the molecule is CCc1ccc(CN(C)C(=O)NCCCc2nc3ccccc3[nH]2)cc1. The van der Waals surface area contributed by atoms with Gasteiger partial charge in [-0.05, 0) is 36.1 Å². The van der Waals surface area contributed by atoms with Crippen LogP contribution < -0.4 is 5.32 Å². The summed E-state index contributed by atoms with van der Waals surface area (Å²) in [5, 5.41) is 2.97. The minimum atomic E-state index is -0.0471. The van der Waals surface area contributed by atoms with Crippen molar-refractivity contribution in [3.63, 3.8) is 0 Å². The van der Waals surface area contributed by atoms with E-state index in [1.54, 1.807) is 4.90 Å². The van der Waals surface area contributed by atoms with Crippen molar-refractivity contribution in [2.45, 2.75) is 32.7 Å².